The SMILES string of the molecule is CC(COC(=O)c1ccc(Cl)cc1)=C(c1ccccc1)c1ccccc1. The van der Waals surface area contributed by atoms with Crippen molar-refractivity contribution in [1.29, 1.82) is 0 Å². The van der Waals surface area contributed by atoms with E-state index < -0.39 is 0 Å². The van der Waals surface area contributed by atoms with Crippen LogP contribution in [0.2, 0.25) is 5.02 Å². The molecule has 0 saturated heterocycles. The molecule has 0 radical (unpaired) electrons. The fourth-order valence-corrected chi connectivity index (χ4v) is 2.91. The number of carbonyl (C=O) groups is 1. The van der Waals surface area contributed by atoms with Gasteiger partial charge in [0, 0.05) is 5.02 Å². The topological polar surface area (TPSA) is 26.3 Å². The van der Waals surface area contributed by atoms with Crippen molar-refractivity contribution in [1.82, 2.24) is 0 Å². The van der Waals surface area contributed by atoms with Crippen molar-refractivity contribution in [2.24, 2.45) is 0 Å². The Bertz CT molecular complexity index is 856. The van der Waals surface area contributed by atoms with Gasteiger partial charge >= 0.3 is 5.97 Å². The van der Waals surface area contributed by atoms with Crippen molar-refractivity contribution in [3.05, 3.63) is 112 Å². The molecule has 2 nitrogen and oxygen atoms in total. The molecule has 3 aromatic rings. The van der Waals surface area contributed by atoms with Crippen molar-refractivity contribution < 1.29 is 9.53 Å². The second-order valence-electron chi connectivity index (χ2n) is 5.97. The fraction of sp³-hybridized carbons (Fsp3) is 0.0870. The molecule has 3 rings (SSSR count). The number of carbonyl (C=O) groups excluding carboxylic acids is 1. The Balaban J connectivity index is 1.86. The average Bonchev–Trinajstić information content (AvgIpc) is 2.68. The smallest absolute Gasteiger partial charge is 0.338 e. The molecule has 0 spiro atoms. The molecule has 0 aliphatic carbocycles. The van der Waals surface area contributed by atoms with Crippen LogP contribution in [0.4, 0.5) is 0 Å². The highest BCUT2D eigenvalue weighted by atomic mass is 35.5. The maximum atomic E-state index is 12.3. The summed E-state index contributed by atoms with van der Waals surface area (Å²) in [6, 6.07) is 26.9. The van der Waals surface area contributed by atoms with Gasteiger partial charge < -0.3 is 4.74 Å². The predicted molar refractivity (Wildman–Crippen MR) is 106 cm³/mol. The molecule has 0 heterocycles. The lowest BCUT2D eigenvalue weighted by molar-refractivity contribution is 0.0540. The summed E-state index contributed by atoms with van der Waals surface area (Å²) in [4.78, 5) is 12.3. The van der Waals surface area contributed by atoms with Gasteiger partial charge in [-0.1, -0.05) is 72.3 Å². The van der Waals surface area contributed by atoms with Crippen LogP contribution in [0.5, 0.6) is 0 Å². The Morgan fingerprint density at radius 1 is 0.769 bits per heavy atom. The van der Waals surface area contributed by atoms with E-state index in [0.717, 1.165) is 22.3 Å². The quantitative estimate of drug-likeness (QED) is 0.519. The van der Waals surface area contributed by atoms with Crippen molar-refractivity contribution >= 4 is 23.1 Å². The molecule has 0 unspecified atom stereocenters. The van der Waals surface area contributed by atoms with E-state index >= 15 is 0 Å². The second-order valence-corrected chi connectivity index (χ2v) is 6.41. The first-order chi connectivity index (χ1) is 12.6. The van der Waals surface area contributed by atoms with Crippen LogP contribution in [0.1, 0.15) is 28.4 Å². The van der Waals surface area contributed by atoms with Crippen molar-refractivity contribution in [3.8, 4) is 0 Å². The number of benzene rings is 3. The van der Waals surface area contributed by atoms with Crippen LogP contribution < -0.4 is 0 Å². The molecule has 0 aliphatic heterocycles. The van der Waals surface area contributed by atoms with Gasteiger partial charge in [0.1, 0.15) is 6.61 Å². The third kappa shape index (κ3) is 4.41. The van der Waals surface area contributed by atoms with Gasteiger partial charge in [-0.3, -0.25) is 0 Å². The molecule has 0 saturated carbocycles. The second kappa shape index (κ2) is 8.50. The molecule has 0 bridgehead atoms. The minimum Gasteiger partial charge on any atom is -0.458 e. The van der Waals surface area contributed by atoms with Gasteiger partial charge in [-0.05, 0) is 53.5 Å². The zero-order chi connectivity index (χ0) is 18.4. The first-order valence-electron chi connectivity index (χ1n) is 8.38. The van der Waals surface area contributed by atoms with Crippen LogP contribution in [-0.4, -0.2) is 12.6 Å². The Labute approximate surface area is 158 Å². The van der Waals surface area contributed by atoms with Crippen LogP contribution in [0.25, 0.3) is 5.57 Å². The van der Waals surface area contributed by atoms with E-state index in [9.17, 15) is 4.79 Å². The summed E-state index contributed by atoms with van der Waals surface area (Å²) >= 11 is 5.86. The Hall–Kier alpha value is -2.84. The molecule has 3 heteroatoms. The number of esters is 1. The minimum atomic E-state index is -0.360. The van der Waals surface area contributed by atoms with Gasteiger partial charge in [0.2, 0.25) is 0 Å². The number of halogens is 1. The van der Waals surface area contributed by atoms with E-state index in [2.05, 4.69) is 24.3 Å². The fourth-order valence-electron chi connectivity index (χ4n) is 2.78. The first-order valence-corrected chi connectivity index (χ1v) is 8.76. The molecule has 0 aromatic heterocycles. The van der Waals surface area contributed by atoms with E-state index in [1.165, 1.54) is 0 Å². The van der Waals surface area contributed by atoms with E-state index in [4.69, 9.17) is 16.3 Å². The molecule has 0 aliphatic rings. The largest absolute Gasteiger partial charge is 0.458 e. The van der Waals surface area contributed by atoms with E-state index in [1.807, 2.05) is 43.3 Å². The Morgan fingerprint density at radius 3 is 1.77 bits per heavy atom. The molecular weight excluding hydrogens is 344 g/mol. The lowest BCUT2D eigenvalue weighted by atomic mass is 9.94. The summed E-state index contributed by atoms with van der Waals surface area (Å²) in [5, 5.41) is 0.591. The minimum absolute atomic E-state index is 0.223. The molecule has 0 amide bonds. The van der Waals surface area contributed by atoms with Gasteiger partial charge in [-0.15, -0.1) is 0 Å². The van der Waals surface area contributed by atoms with Crippen molar-refractivity contribution in [2.45, 2.75) is 6.92 Å². The zero-order valence-corrected chi connectivity index (χ0v) is 15.2. The van der Waals surface area contributed by atoms with Crippen LogP contribution >= 0.6 is 11.6 Å². The third-order valence-electron chi connectivity index (χ3n) is 4.05. The van der Waals surface area contributed by atoms with Crippen LogP contribution in [0.15, 0.2) is 90.5 Å². The Morgan fingerprint density at radius 2 is 1.27 bits per heavy atom. The normalized spacial score (nSPS) is 10.2. The summed E-state index contributed by atoms with van der Waals surface area (Å²) in [7, 11) is 0. The van der Waals surface area contributed by atoms with Gasteiger partial charge in [0.05, 0.1) is 5.56 Å². The lowest BCUT2D eigenvalue weighted by Crippen LogP contribution is -2.08. The standard InChI is InChI=1S/C23H19ClO2/c1-17(16-26-23(25)20-12-14-21(24)15-13-20)22(18-8-4-2-5-9-18)19-10-6-3-7-11-19/h2-15H,16H2,1H3. The maximum absolute atomic E-state index is 12.3. The third-order valence-corrected chi connectivity index (χ3v) is 4.30. The van der Waals surface area contributed by atoms with Gasteiger partial charge in [-0.2, -0.15) is 0 Å². The summed E-state index contributed by atoms with van der Waals surface area (Å²) in [5.41, 5.74) is 4.75. The number of hydrogen-bond acceptors (Lipinski definition) is 2. The molecule has 0 N–H and O–H groups in total. The van der Waals surface area contributed by atoms with E-state index in [-0.39, 0.29) is 12.6 Å². The molecule has 0 fully saturated rings. The molecule has 0 atom stereocenters. The summed E-state index contributed by atoms with van der Waals surface area (Å²) in [5.74, 6) is -0.360. The van der Waals surface area contributed by atoms with Crippen LogP contribution in [0.3, 0.4) is 0 Å². The monoisotopic (exact) mass is 362 g/mol. The van der Waals surface area contributed by atoms with E-state index in [1.54, 1.807) is 24.3 Å². The maximum Gasteiger partial charge on any atom is 0.338 e. The summed E-state index contributed by atoms with van der Waals surface area (Å²) < 4.78 is 5.51. The number of hydrogen-bond donors (Lipinski definition) is 0. The van der Waals surface area contributed by atoms with E-state index in [0.29, 0.717) is 10.6 Å². The molecule has 3 aromatic carbocycles. The van der Waals surface area contributed by atoms with Gasteiger partial charge in [0.15, 0.2) is 0 Å². The highest BCUT2D eigenvalue weighted by Gasteiger charge is 2.12. The predicted octanol–water partition coefficient (Wildman–Crippen LogP) is 6.02. The molecule has 26 heavy (non-hydrogen) atoms. The molecule has 130 valence electrons. The average molecular weight is 363 g/mol. The summed E-state index contributed by atoms with van der Waals surface area (Å²) in [6.07, 6.45) is 0. The highest BCUT2D eigenvalue weighted by molar-refractivity contribution is 6.30. The van der Waals surface area contributed by atoms with Crippen LogP contribution in [-0.2, 0) is 4.74 Å². The van der Waals surface area contributed by atoms with Crippen molar-refractivity contribution in [3.63, 3.8) is 0 Å². The zero-order valence-electron chi connectivity index (χ0n) is 14.5. The molecular formula is C23H19ClO2. The number of rotatable bonds is 5. The summed E-state index contributed by atoms with van der Waals surface area (Å²) in [6.45, 7) is 2.21. The Kier molecular flexibility index (Phi) is 5.88. The number of ether oxygens (including phenoxy) is 1. The van der Waals surface area contributed by atoms with Crippen molar-refractivity contribution in [2.75, 3.05) is 6.61 Å². The first kappa shape index (κ1) is 18.0. The highest BCUT2D eigenvalue weighted by Crippen LogP contribution is 2.27. The lowest BCUT2D eigenvalue weighted by Gasteiger charge is -2.14. The van der Waals surface area contributed by atoms with Crippen LogP contribution in [0, 0.1) is 0 Å². The van der Waals surface area contributed by atoms with Gasteiger partial charge in [-0.25, -0.2) is 4.79 Å². The van der Waals surface area contributed by atoms with Gasteiger partial charge in [0.25, 0.3) is 0 Å².